The number of quaternary nitrogens is 1. The molecule has 1 amide bonds. The molecule has 0 aromatic heterocycles. The number of unbranched alkanes of at least 4 members (excludes halogenated alkanes) is 1. The summed E-state index contributed by atoms with van der Waals surface area (Å²) in [6, 6.07) is 0.191. The number of amides is 1. The topological polar surface area (TPSA) is 54.4 Å². The first-order valence-corrected chi connectivity index (χ1v) is 7.05. The number of carbonyl (C=O) groups excluding carboxylic acids is 1. The van der Waals surface area contributed by atoms with Crippen molar-refractivity contribution in [2.75, 3.05) is 13.6 Å². The molecule has 0 radical (unpaired) electrons. The van der Waals surface area contributed by atoms with Crippen LogP contribution in [0.15, 0.2) is 0 Å². The summed E-state index contributed by atoms with van der Waals surface area (Å²) in [7, 11) is 1.75. The smallest absolute Gasteiger partial charge is 0.359 e. The van der Waals surface area contributed by atoms with E-state index >= 15 is 0 Å². The molecule has 104 valence electrons. The molecule has 0 bridgehead atoms. The maximum atomic E-state index is 11.2. The standard InChI is InChI=1S/C14H25NO3/c1-3-4-5-12-6-8-13(9-7-12)15(2,11-16)10-14(17)18/h11-13H,3-10H2,1-2H3/p+1. The van der Waals surface area contributed by atoms with Gasteiger partial charge in [0.1, 0.15) is 0 Å². The van der Waals surface area contributed by atoms with Crippen LogP contribution in [0.2, 0.25) is 0 Å². The number of carboxylic acid groups (broad SMARTS) is 1. The zero-order valence-electron chi connectivity index (χ0n) is 11.6. The van der Waals surface area contributed by atoms with Crippen molar-refractivity contribution in [3.05, 3.63) is 0 Å². The van der Waals surface area contributed by atoms with Crippen LogP contribution in [0.4, 0.5) is 0 Å². The number of carbonyl (C=O) groups is 2. The molecule has 1 saturated carbocycles. The molecule has 1 N–H and O–H groups in total. The summed E-state index contributed by atoms with van der Waals surface area (Å²) in [5.41, 5.74) is 0. The first kappa shape index (κ1) is 15.2. The average molecular weight is 256 g/mol. The van der Waals surface area contributed by atoms with Gasteiger partial charge in [0.15, 0.2) is 6.54 Å². The number of nitrogens with zero attached hydrogens (tertiary/aromatic N) is 1. The van der Waals surface area contributed by atoms with Gasteiger partial charge in [-0.25, -0.2) is 9.59 Å². The molecule has 1 unspecified atom stereocenters. The van der Waals surface area contributed by atoms with E-state index in [0.717, 1.165) is 38.0 Å². The van der Waals surface area contributed by atoms with Gasteiger partial charge >= 0.3 is 12.4 Å². The van der Waals surface area contributed by atoms with Crippen molar-refractivity contribution >= 4 is 12.4 Å². The zero-order chi connectivity index (χ0) is 13.6. The molecule has 4 heteroatoms. The van der Waals surface area contributed by atoms with E-state index in [4.69, 9.17) is 5.11 Å². The number of hydrogen-bond donors (Lipinski definition) is 1. The van der Waals surface area contributed by atoms with Gasteiger partial charge in [-0.1, -0.05) is 26.2 Å². The summed E-state index contributed by atoms with van der Waals surface area (Å²) >= 11 is 0. The lowest BCUT2D eigenvalue weighted by atomic mass is 9.82. The summed E-state index contributed by atoms with van der Waals surface area (Å²) in [4.78, 5) is 22.1. The predicted octanol–water partition coefficient (Wildman–Crippen LogP) is 2.42. The van der Waals surface area contributed by atoms with Crippen molar-refractivity contribution in [3.63, 3.8) is 0 Å². The summed E-state index contributed by atoms with van der Waals surface area (Å²) in [5, 5.41) is 8.90. The highest BCUT2D eigenvalue weighted by atomic mass is 16.4. The minimum absolute atomic E-state index is 0.0375. The van der Waals surface area contributed by atoms with Gasteiger partial charge in [-0.2, -0.15) is 0 Å². The normalized spacial score (nSPS) is 27.4. The second kappa shape index (κ2) is 6.88. The third-order valence-corrected chi connectivity index (χ3v) is 4.33. The first-order valence-electron chi connectivity index (χ1n) is 7.05. The van der Waals surface area contributed by atoms with Crippen LogP contribution in [-0.2, 0) is 9.59 Å². The predicted molar refractivity (Wildman–Crippen MR) is 70.0 cm³/mol. The Balaban J connectivity index is 2.49. The highest BCUT2D eigenvalue weighted by Gasteiger charge is 2.37. The fourth-order valence-corrected chi connectivity index (χ4v) is 3.06. The van der Waals surface area contributed by atoms with Crippen LogP contribution in [0.1, 0.15) is 51.9 Å². The van der Waals surface area contributed by atoms with Crippen LogP contribution in [0.25, 0.3) is 0 Å². The molecule has 1 aliphatic carbocycles. The van der Waals surface area contributed by atoms with Crippen molar-refractivity contribution in [2.45, 2.75) is 57.9 Å². The van der Waals surface area contributed by atoms with E-state index < -0.39 is 5.97 Å². The van der Waals surface area contributed by atoms with Crippen LogP contribution in [0.3, 0.4) is 0 Å². The number of aliphatic carboxylic acids is 1. The summed E-state index contributed by atoms with van der Waals surface area (Å²) in [6.07, 6.45) is 8.87. The highest BCUT2D eigenvalue weighted by Crippen LogP contribution is 2.32. The van der Waals surface area contributed by atoms with E-state index in [1.807, 2.05) is 0 Å². The number of carboxylic acids is 1. The largest absolute Gasteiger partial charge is 0.477 e. The van der Waals surface area contributed by atoms with Crippen LogP contribution < -0.4 is 0 Å². The van der Waals surface area contributed by atoms with Crippen molar-refractivity contribution in [3.8, 4) is 0 Å². The molecule has 0 saturated heterocycles. The fourth-order valence-electron chi connectivity index (χ4n) is 3.06. The fraction of sp³-hybridized carbons (Fsp3) is 0.857. The molecular weight excluding hydrogens is 230 g/mol. The highest BCUT2D eigenvalue weighted by molar-refractivity contribution is 5.69. The Morgan fingerprint density at radius 2 is 1.94 bits per heavy atom. The van der Waals surface area contributed by atoms with Crippen LogP contribution in [0, 0.1) is 5.92 Å². The molecule has 1 aliphatic rings. The van der Waals surface area contributed by atoms with E-state index in [9.17, 15) is 9.59 Å². The molecule has 4 nitrogen and oxygen atoms in total. The SMILES string of the molecule is CCCCC1CCC([N+](C)(C=O)CC(=O)O)CC1. The van der Waals surface area contributed by atoms with Crippen LogP contribution >= 0.6 is 0 Å². The Morgan fingerprint density at radius 3 is 2.39 bits per heavy atom. The van der Waals surface area contributed by atoms with Gasteiger partial charge in [-0.15, -0.1) is 0 Å². The van der Waals surface area contributed by atoms with Gasteiger partial charge < -0.3 is 5.11 Å². The van der Waals surface area contributed by atoms with Gasteiger partial charge in [-0.05, 0) is 18.8 Å². The lowest BCUT2D eigenvalue weighted by molar-refractivity contribution is -0.846. The minimum Gasteiger partial charge on any atom is -0.477 e. The summed E-state index contributed by atoms with van der Waals surface area (Å²) in [6.45, 7) is 2.12. The van der Waals surface area contributed by atoms with Crippen molar-refractivity contribution in [2.24, 2.45) is 5.92 Å². The van der Waals surface area contributed by atoms with Gasteiger partial charge in [0, 0.05) is 12.8 Å². The molecule has 0 heterocycles. The maximum Gasteiger partial charge on any atom is 0.359 e. The van der Waals surface area contributed by atoms with E-state index in [-0.39, 0.29) is 17.1 Å². The van der Waals surface area contributed by atoms with Gasteiger partial charge in [0.25, 0.3) is 0 Å². The minimum atomic E-state index is -0.891. The quantitative estimate of drug-likeness (QED) is 0.562. The second-order valence-corrected chi connectivity index (χ2v) is 5.82. The second-order valence-electron chi connectivity index (χ2n) is 5.82. The first-order chi connectivity index (χ1) is 8.51. The molecule has 18 heavy (non-hydrogen) atoms. The van der Waals surface area contributed by atoms with Crippen molar-refractivity contribution in [1.29, 1.82) is 0 Å². The molecule has 0 aromatic carbocycles. The van der Waals surface area contributed by atoms with Crippen LogP contribution in [0.5, 0.6) is 0 Å². The molecule has 0 aromatic rings. The summed E-state index contributed by atoms with van der Waals surface area (Å²) in [5.74, 6) is -0.108. The van der Waals surface area contributed by atoms with Crippen LogP contribution in [-0.4, -0.2) is 41.6 Å². The van der Waals surface area contributed by atoms with Crippen molar-refractivity contribution in [1.82, 2.24) is 0 Å². The third kappa shape index (κ3) is 4.09. The maximum absolute atomic E-state index is 11.2. The number of rotatable bonds is 7. The zero-order valence-corrected chi connectivity index (χ0v) is 11.6. The Labute approximate surface area is 110 Å². The molecular formula is C14H26NO3+. The van der Waals surface area contributed by atoms with E-state index in [1.54, 1.807) is 7.05 Å². The Morgan fingerprint density at radius 1 is 1.33 bits per heavy atom. The number of likely N-dealkylation sites (N-methyl/N-ethyl adjacent to an activating group) is 1. The Kier molecular flexibility index (Phi) is 5.79. The molecule has 1 rings (SSSR count). The average Bonchev–Trinajstić information content (AvgIpc) is 2.36. The molecule has 1 atom stereocenters. The molecule has 1 fully saturated rings. The van der Waals surface area contributed by atoms with Gasteiger partial charge in [-0.3, -0.25) is 4.48 Å². The number of hydrogen-bond acceptors (Lipinski definition) is 2. The van der Waals surface area contributed by atoms with Gasteiger partial charge in [0.05, 0.1) is 13.1 Å². The van der Waals surface area contributed by atoms with E-state index in [2.05, 4.69) is 6.92 Å². The van der Waals surface area contributed by atoms with E-state index in [0.29, 0.717) is 0 Å². The monoisotopic (exact) mass is 256 g/mol. The van der Waals surface area contributed by atoms with E-state index in [1.165, 1.54) is 19.3 Å². The summed E-state index contributed by atoms with van der Waals surface area (Å²) < 4.78 is 0.0375. The Hall–Kier alpha value is -0.900. The van der Waals surface area contributed by atoms with Gasteiger partial charge in [0.2, 0.25) is 0 Å². The molecule has 0 aliphatic heterocycles. The Bertz CT molecular complexity index is 285. The lowest BCUT2D eigenvalue weighted by Gasteiger charge is -2.38. The lowest BCUT2D eigenvalue weighted by Crippen LogP contribution is -2.55. The van der Waals surface area contributed by atoms with Crippen molar-refractivity contribution < 1.29 is 19.2 Å². The third-order valence-electron chi connectivity index (χ3n) is 4.33. The molecule has 0 spiro atoms.